The molecular formula is C8H14N2O2. The summed E-state index contributed by atoms with van der Waals surface area (Å²) in [5.74, 6) is -0.489. The normalized spacial score (nSPS) is 23.3. The molecule has 0 unspecified atom stereocenters. The maximum absolute atomic E-state index is 10.3. The number of hydrogen-bond acceptors (Lipinski definition) is 3. The predicted octanol–water partition coefficient (Wildman–Crippen LogP) is 0.664. The molecule has 1 fully saturated rings. The summed E-state index contributed by atoms with van der Waals surface area (Å²) in [4.78, 5) is 15.0. The third-order valence-electron chi connectivity index (χ3n) is 2.15. The molecule has 0 aliphatic heterocycles. The number of nitrogens with zero attached hydrogens (tertiary/aromatic N) is 1. The zero-order valence-electron chi connectivity index (χ0n) is 7.46. The topological polar surface area (TPSA) is 64.7 Å². The highest BCUT2D eigenvalue weighted by Crippen LogP contribution is 2.36. The molecule has 0 atom stereocenters. The van der Waals surface area contributed by atoms with Crippen molar-refractivity contribution in [3.63, 3.8) is 0 Å². The molecule has 0 saturated heterocycles. The van der Waals surface area contributed by atoms with E-state index in [0.717, 1.165) is 18.6 Å². The first kappa shape index (κ1) is 9.03. The number of rotatable bonds is 3. The van der Waals surface area contributed by atoms with Gasteiger partial charge in [-0.2, -0.15) is 0 Å². The summed E-state index contributed by atoms with van der Waals surface area (Å²) in [6.07, 6.45) is 2.09. The minimum absolute atomic E-state index is 0.125. The molecule has 12 heavy (non-hydrogen) atoms. The summed E-state index contributed by atoms with van der Waals surface area (Å²) in [6, 6.07) is 0. The molecule has 0 aromatic heterocycles. The van der Waals surface area contributed by atoms with E-state index in [0.29, 0.717) is 0 Å². The van der Waals surface area contributed by atoms with Crippen LogP contribution in [0.2, 0.25) is 0 Å². The molecule has 1 saturated carbocycles. The van der Waals surface area contributed by atoms with E-state index in [1.807, 2.05) is 0 Å². The maximum atomic E-state index is 10.3. The summed E-state index contributed by atoms with van der Waals surface area (Å²) < 4.78 is 0. The van der Waals surface area contributed by atoms with Crippen LogP contribution in [0.15, 0.2) is 5.16 Å². The molecule has 0 aromatic carbocycles. The minimum Gasteiger partial charge on any atom is -0.386 e. The van der Waals surface area contributed by atoms with Crippen LogP contribution in [0.5, 0.6) is 0 Å². The van der Waals surface area contributed by atoms with Crippen LogP contribution in [0.1, 0.15) is 26.7 Å². The monoisotopic (exact) mass is 170 g/mol. The van der Waals surface area contributed by atoms with E-state index in [-0.39, 0.29) is 12.0 Å². The van der Waals surface area contributed by atoms with Gasteiger partial charge in [0.05, 0.1) is 5.71 Å². The Balaban J connectivity index is 2.33. The van der Waals surface area contributed by atoms with Crippen molar-refractivity contribution in [2.45, 2.75) is 26.7 Å². The van der Waals surface area contributed by atoms with Crippen molar-refractivity contribution in [2.75, 3.05) is 6.61 Å². The quantitative estimate of drug-likeness (QED) is 0.632. The van der Waals surface area contributed by atoms with E-state index in [4.69, 9.17) is 10.6 Å². The molecule has 0 radical (unpaired) electrons. The molecule has 1 aliphatic rings. The highest BCUT2D eigenvalue weighted by atomic mass is 16.6. The molecule has 0 spiro atoms. The van der Waals surface area contributed by atoms with Gasteiger partial charge in [-0.25, -0.2) is 0 Å². The SMILES string of the molecule is CC1(C)CC/C1=N\OCC(N)=O. The average molecular weight is 170 g/mol. The Morgan fingerprint density at radius 3 is 2.75 bits per heavy atom. The lowest BCUT2D eigenvalue weighted by molar-refractivity contribution is -0.122. The molecular weight excluding hydrogens is 156 g/mol. The fourth-order valence-electron chi connectivity index (χ4n) is 1.08. The lowest BCUT2D eigenvalue weighted by Crippen LogP contribution is -2.35. The number of nitrogens with two attached hydrogens (primary N) is 1. The largest absolute Gasteiger partial charge is 0.386 e. The number of oxime groups is 1. The Morgan fingerprint density at radius 1 is 1.75 bits per heavy atom. The Kier molecular flexibility index (Phi) is 2.35. The molecule has 4 heteroatoms. The first-order valence-corrected chi connectivity index (χ1v) is 4.00. The van der Waals surface area contributed by atoms with Crippen LogP contribution in [0.4, 0.5) is 0 Å². The zero-order valence-corrected chi connectivity index (χ0v) is 7.46. The van der Waals surface area contributed by atoms with E-state index < -0.39 is 5.91 Å². The van der Waals surface area contributed by atoms with Gasteiger partial charge >= 0.3 is 0 Å². The van der Waals surface area contributed by atoms with Gasteiger partial charge in [0, 0.05) is 5.41 Å². The second-order valence-electron chi connectivity index (χ2n) is 3.66. The number of amides is 1. The lowest BCUT2D eigenvalue weighted by Gasteiger charge is -2.35. The number of carbonyl (C=O) groups excluding carboxylic acids is 1. The molecule has 1 amide bonds. The van der Waals surface area contributed by atoms with E-state index in [9.17, 15) is 4.79 Å². The van der Waals surface area contributed by atoms with Crippen LogP contribution in [0.25, 0.3) is 0 Å². The maximum Gasteiger partial charge on any atom is 0.258 e. The standard InChI is InChI=1S/C8H14N2O2/c1-8(2)4-3-6(8)10-12-5-7(9)11/h3-5H2,1-2H3,(H2,9,11)/b10-6+. The lowest BCUT2D eigenvalue weighted by atomic mass is 9.70. The second-order valence-corrected chi connectivity index (χ2v) is 3.66. The van der Waals surface area contributed by atoms with Crippen LogP contribution in [0.3, 0.4) is 0 Å². The number of primary amides is 1. The Morgan fingerprint density at radius 2 is 2.42 bits per heavy atom. The predicted molar refractivity (Wildman–Crippen MR) is 45.6 cm³/mol. The Hall–Kier alpha value is -1.06. The van der Waals surface area contributed by atoms with E-state index in [2.05, 4.69) is 19.0 Å². The molecule has 4 nitrogen and oxygen atoms in total. The van der Waals surface area contributed by atoms with Gasteiger partial charge in [0.15, 0.2) is 6.61 Å². The van der Waals surface area contributed by atoms with Gasteiger partial charge < -0.3 is 10.6 Å². The average Bonchev–Trinajstić information content (AvgIpc) is 1.95. The van der Waals surface area contributed by atoms with Gasteiger partial charge in [0.25, 0.3) is 5.91 Å². The van der Waals surface area contributed by atoms with Crippen molar-refractivity contribution >= 4 is 11.6 Å². The van der Waals surface area contributed by atoms with E-state index in [1.165, 1.54) is 0 Å². The Bertz CT molecular complexity index is 221. The summed E-state index contributed by atoms with van der Waals surface area (Å²) in [6.45, 7) is 4.07. The van der Waals surface area contributed by atoms with Gasteiger partial charge in [-0.15, -0.1) is 0 Å². The minimum atomic E-state index is -0.489. The summed E-state index contributed by atoms with van der Waals surface area (Å²) >= 11 is 0. The van der Waals surface area contributed by atoms with Crippen LogP contribution >= 0.6 is 0 Å². The van der Waals surface area contributed by atoms with E-state index in [1.54, 1.807) is 0 Å². The van der Waals surface area contributed by atoms with Crippen LogP contribution < -0.4 is 5.73 Å². The van der Waals surface area contributed by atoms with Gasteiger partial charge in [0.1, 0.15) is 0 Å². The molecule has 1 rings (SSSR count). The summed E-state index contributed by atoms with van der Waals surface area (Å²) in [7, 11) is 0. The van der Waals surface area contributed by atoms with Crippen LogP contribution in [-0.4, -0.2) is 18.2 Å². The van der Waals surface area contributed by atoms with E-state index >= 15 is 0 Å². The molecule has 2 N–H and O–H groups in total. The summed E-state index contributed by atoms with van der Waals surface area (Å²) in [5.41, 5.74) is 6.04. The van der Waals surface area contributed by atoms with Crippen molar-refractivity contribution in [3.05, 3.63) is 0 Å². The molecule has 0 heterocycles. The Labute approximate surface area is 71.8 Å². The molecule has 0 aromatic rings. The first-order valence-electron chi connectivity index (χ1n) is 4.00. The molecule has 68 valence electrons. The zero-order chi connectivity index (χ0) is 9.19. The highest BCUT2D eigenvalue weighted by molar-refractivity contribution is 5.94. The van der Waals surface area contributed by atoms with Crippen molar-refractivity contribution in [1.29, 1.82) is 0 Å². The highest BCUT2D eigenvalue weighted by Gasteiger charge is 2.34. The van der Waals surface area contributed by atoms with Gasteiger partial charge in [0.2, 0.25) is 0 Å². The fraction of sp³-hybridized carbons (Fsp3) is 0.750. The number of carbonyl (C=O) groups is 1. The van der Waals surface area contributed by atoms with Crippen molar-refractivity contribution in [3.8, 4) is 0 Å². The third kappa shape index (κ3) is 1.96. The van der Waals surface area contributed by atoms with Crippen molar-refractivity contribution in [1.82, 2.24) is 0 Å². The van der Waals surface area contributed by atoms with Crippen LogP contribution in [0, 0.1) is 5.41 Å². The van der Waals surface area contributed by atoms with Crippen molar-refractivity contribution < 1.29 is 9.63 Å². The summed E-state index contributed by atoms with van der Waals surface area (Å²) in [5, 5.41) is 3.84. The first-order chi connectivity index (χ1) is 5.52. The fourth-order valence-corrected chi connectivity index (χ4v) is 1.08. The second kappa shape index (κ2) is 3.13. The molecule has 0 bridgehead atoms. The van der Waals surface area contributed by atoms with Crippen LogP contribution in [-0.2, 0) is 9.63 Å². The third-order valence-corrected chi connectivity index (χ3v) is 2.15. The number of hydrogen-bond donors (Lipinski definition) is 1. The van der Waals surface area contributed by atoms with Gasteiger partial charge in [-0.1, -0.05) is 19.0 Å². The smallest absolute Gasteiger partial charge is 0.258 e. The molecule has 1 aliphatic carbocycles. The van der Waals surface area contributed by atoms with Gasteiger partial charge in [-0.3, -0.25) is 4.79 Å². The van der Waals surface area contributed by atoms with Gasteiger partial charge in [-0.05, 0) is 12.8 Å². The van der Waals surface area contributed by atoms with Crippen molar-refractivity contribution in [2.24, 2.45) is 16.3 Å².